The molecule has 2 fully saturated rings. The molecule has 2 aliphatic heterocycles. The lowest BCUT2D eigenvalue weighted by atomic mass is 10.1. The molecule has 124 valence electrons. The largest absolute Gasteiger partial charge is 0.378 e. The fourth-order valence-electron chi connectivity index (χ4n) is 3.20. The van der Waals surface area contributed by atoms with E-state index in [1.54, 1.807) is 11.9 Å². The van der Waals surface area contributed by atoms with Crippen molar-refractivity contribution in [3.8, 4) is 0 Å². The van der Waals surface area contributed by atoms with Crippen molar-refractivity contribution in [3.63, 3.8) is 0 Å². The number of carbonyl (C=O) groups excluding carboxylic acids is 2. The molecule has 6 heteroatoms. The Balaban J connectivity index is 1.66. The molecule has 0 aliphatic carbocycles. The van der Waals surface area contributed by atoms with Crippen molar-refractivity contribution in [2.45, 2.75) is 18.9 Å². The Kier molecular flexibility index (Phi) is 4.87. The molecule has 2 heterocycles. The third kappa shape index (κ3) is 3.51. The molecule has 23 heavy (non-hydrogen) atoms. The molecule has 0 aromatic heterocycles. The van der Waals surface area contributed by atoms with Gasteiger partial charge in [0.25, 0.3) is 0 Å². The first-order valence-corrected chi connectivity index (χ1v) is 8.29. The molecule has 0 unspecified atom stereocenters. The van der Waals surface area contributed by atoms with Crippen LogP contribution >= 0.6 is 11.6 Å². The lowest BCUT2D eigenvalue weighted by Crippen LogP contribution is -2.45. The first-order valence-electron chi connectivity index (χ1n) is 7.92. The summed E-state index contributed by atoms with van der Waals surface area (Å²) in [6.45, 7) is 1.88. The van der Waals surface area contributed by atoms with Crippen LogP contribution in [0.1, 0.15) is 12.0 Å². The Morgan fingerprint density at radius 3 is 2.87 bits per heavy atom. The molecule has 2 atom stereocenters. The Bertz CT molecular complexity index is 607. The average molecular weight is 337 g/mol. The highest BCUT2D eigenvalue weighted by atomic mass is 35.5. The summed E-state index contributed by atoms with van der Waals surface area (Å²) in [5.41, 5.74) is 0.981. The second kappa shape index (κ2) is 6.89. The minimum atomic E-state index is -0.253. The van der Waals surface area contributed by atoms with Crippen LogP contribution in [0, 0.1) is 5.92 Å². The zero-order chi connectivity index (χ0) is 16.4. The van der Waals surface area contributed by atoms with Crippen molar-refractivity contribution in [1.82, 2.24) is 9.80 Å². The van der Waals surface area contributed by atoms with Gasteiger partial charge in [-0.05, 0) is 18.1 Å². The minimum Gasteiger partial charge on any atom is -0.378 e. The molecule has 0 spiro atoms. The van der Waals surface area contributed by atoms with E-state index in [1.807, 2.05) is 29.2 Å². The van der Waals surface area contributed by atoms with Gasteiger partial charge in [-0.3, -0.25) is 9.59 Å². The van der Waals surface area contributed by atoms with Crippen LogP contribution in [0.3, 0.4) is 0 Å². The van der Waals surface area contributed by atoms with Crippen molar-refractivity contribution in [2.24, 2.45) is 5.92 Å². The number of carbonyl (C=O) groups is 2. The maximum absolute atomic E-state index is 12.6. The van der Waals surface area contributed by atoms with Gasteiger partial charge in [-0.1, -0.05) is 29.8 Å². The smallest absolute Gasteiger partial charge is 0.229 e. The van der Waals surface area contributed by atoms with Crippen molar-refractivity contribution in [3.05, 3.63) is 34.9 Å². The predicted molar refractivity (Wildman–Crippen MR) is 87.2 cm³/mol. The number of likely N-dealkylation sites (N-methyl/N-ethyl adjacent to an activating group) is 1. The number of hydrogen-bond donors (Lipinski definition) is 0. The Morgan fingerprint density at radius 1 is 1.30 bits per heavy atom. The summed E-state index contributed by atoms with van der Waals surface area (Å²) in [4.78, 5) is 28.5. The van der Waals surface area contributed by atoms with Gasteiger partial charge in [0.2, 0.25) is 11.8 Å². The quantitative estimate of drug-likeness (QED) is 0.842. The maximum atomic E-state index is 12.6. The Morgan fingerprint density at radius 2 is 2.09 bits per heavy atom. The molecule has 1 aromatic rings. The first-order chi connectivity index (χ1) is 11.1. The van der Waals surface area contributed by atoms with Gasteiger partial charge in [-0.2, -0.15) is 0 Å². The molecule has 5 nitrogen and oxygen atoms in total. The van der Waals surface area contributed by atoms with Crippen molar-refractivity contribution < 1.29 is 14.3 Å². The summed E-state index contributed by atoms with van der Waals surface area (Å²) in [6.07, 6.45) is 1.02. The molecule has 0 N–H and O–H groups in total. The number of nitrogens with zero attached hydrogens (tertiary/aromatic N) is 2. The zero-order valence-corrected chi connectivity index (χ0v) is 14.0. The van der Waals surface area contributed by atoms with E-state index in [2.05, 4.69) is 0 Å². The summed E-state index contributed by atoms with van der Waals surface area (Å²) in [5.74, 6) is -0.101. The summed E-state index contributed by atoms with van der Waals surface area (Å²) < 4.78 is 5.56. The van der Waals surface area contributed by atoms with Gasteiger partial charge in [0, 0.05) is 31.6 Å². The van der Waals surface area contributed by atoms with Gasteiger partial charge >= 0.3 is 0 Å². The van der Waals surface area contributed by atoms with Crippen LogP contribution in [0.2, 0.25) is 5.02 Å². The maximum Gasteiger partial charge on any atom is 0.229 e. The topological polar surface area (TPSA) is 49.9 Å². The van der Waals surface area contributed by atoms with E-state index in [0.717, 1.165) is 5.56 Å². The van der Waals surface area contributed by atoms with Crippen molar-refractivity contribution in [1.29, 1.82) is 0 Å². The van der Waals surface area contributed by atoms with Gasteiger partial charge in [0.05, 0.1) is 25.2 Å². The van der Waals surface area contributed by atoms with E-state index in [0.29, 0.717) is 44.2 Å². The number of ether oxygens (including phenoxy) is 1. The number of fused-ring (bicyclic) bond motifs is 3. The van der Waals surface area contributed by atoms with Gasteiger partial charge in [0.1, 0.15) is 0 Å². The monoisotopic (exact) mass is 336 g/mol. The van der Waals surface area contributed by atoms with E-state index in [9.17, 15) is 9.59 Å². The number of halogens is 1. The SMILES string of the molecule is CN1C(=O)[C@H]2COC[C@@H]1CN(C(=O)CCc1ccccc1Cl)C2. The van der Waals surface area contributed by atoms with Crippen LogP contribution in [-0.2, 0) is 20.7 Å². The van der Waals surface area contributed by atoms with Gasteiger partial charge in [-0.25, -0.2) is 0 Å². The van der Waals surface area contributed by atoms with Crippen LogP contribution < -0.4 is 0 Å². The fourth-order valence-corrected chi connectivity index (χ4v) is 3.43. The Hall–Kier alpha value is -1.59. The highest BCUT2D eigenvalue weighted by Crippen LogP contribution is 2.21. The summed E-state index contributed by atoms with van der Waals surface area (Å²) in [6, 6.07) is 7.53. The van der Waals surface area contributed by atoms with E-state index in [1.165, 1.54) is 0 Å². The molecular formula is C17H21ClN2O3. The highest BCUT2D eigenvalue weighted by molar-refractivity contribution is 6.31. The van der Waals surface area contributed by atoms with Crippen LogP contribution in [0.15, 0.2) is 24.3 Å². The number of rotatable bonds is 3. The van der Waals surface area contributed by atoms with E-state index >= 15 is 0 Å². The minimum absolute atomic E-state index is 0.0562. The van der Waals surface area contributed by atoms with Gasteiger partial charge in [-0.15, -0.1) is 0 Å². The number of amides is 2. The lowest BCUT2D eigenvalue weighted by Gasteiger charge is -2.29. The van der Waals surface area contributed by atoms with E-state index in [-0.39, 0.29) is 23.8 Å². The average Bonchev–Trinajstić information content (AvgIpc) is 2.72. The van der Waals surface area contributed by atoms with E-state index in [4.69, 9.17) is 16.3 Å². The van der Waals surface area contributed by atoms with Crippen LogP contribution in [0.4, 0.5) is 0 Å². The van der Waals surface area contributed by atoms with E-state index < -0.39 is 0 Å². The predicted octanol–water partition coefficient (Wildman–Crippen LogP) is 1.59. The van der Waals surface area contributed by atoms with Crippen molar-refractivity contribution in [2.75, 3.05) is 33.4 Å². The normalized spacial score (nSPS) is 24.5. The third-order valence-electron chi connectivity index (χ3n) is 4.66. The van der Waals surface area contributed by atoms with Crippen molar-refractivity contribution >= 4 is 23.4 Å². The summed E-state index contributed by atoms with van der Waals surface area (Å²) in [5, 5.41) is 0.691. The molecular weight excluding hydrogens is 316 g/mol. The summed E-state index contributed by atoms with van der Waals surface area (Å²) >= 11 is 6.14. The Labute approximate surface area is 141 Å². The first kappa shape index (κ1) is 16.3. The molecule has 2 amide bonds. The third-order valence-corrected chi connectivity index (χ3v) is 5.03. The van der Waals surface area contributed by atoms with Crippen LogP contribution in [0.5, 0.6) is 0 Å². The molecule has 0 radical (unpaired) electrons. The molecule has 3 rings (SSSR count). The highest BCUT2D eigenvalue weighted by Gasteiger charge is 2.38. The molecule has 2 saturated heterocycles. The fraction of sp³-hybridized carbons (Fsp3) is 0.529. The molecule has 0 saturated carbocycles. The standard InChI is InChI=1S/C17H21ClN2O3/c1-19-14-9-20(8-13(17(19)22)10-23-11-14)16(21)7-6-12-4-2-3-5-15(12)18/h2-5,13-14H,6-11H2,1H3/t13-,14+/m1/s1. The zero-order valence-electron chi connectivity index (χ0n) is 13.2. The van der Waals surface area contributed by atoms with Crippen LogP contribution in [-0.4, -0.2) is 61.0 Å². The second-order valence-electron chi connectivity index (χ2n) is 6.23. The molecule has 2 aliphatic rings. The lowest BCUT2D eigenvalue weighted by molar-refractivity contribution is -0.134. The summed E-state index contributed by atoms with van der Waals surface area (Å²) in [7, 11) is 1.80. The van der Waals surface area contributed by atoms with Crippen LogP contribution in [0.25, 0.3) is 0 Å². The number of hydrogen-bond acceptors (Lipinski definition) is 3. The second-order valence-corrected chi connectivity index (χ2v) is 6.63. The number of benzene rings is 1. The molecule has 1 aromatic carbocycles. The number of aryl methyl sites for hydroxylation is 1. The van der Waals surface area contributed by atoms with Gasteiger partial charge in [0.15, 0.2) is 0 Å². The van der Waals surface area contributed by atoms with Gasteiger partial charge < -0.3 is 14.5 Å². The molecule has 2 bridgehead atoms.